The molecule has 104 valence electrons. The largest absolute Gasteiger partial charge is 0.299 e. The van der Waals surface area contributed by atoms with Crippen LogP contribution in [0.3, 0.4) is 0 Å². The summed E-state index contributed by atoms with van der Waals surface area (Å²) in [6.07, 6.45) is 9.59. The highest BCUT2D eigenvalue weighted by atomic mass is 16.1. The molecular weight excluding hydrogens is 220 g/mol. The minimum absolute atomic E-state index is 0.323. The SMILES string of the molecule is CCCC(C)(C)[C@H]1CCC2C(=O)CCCC2(C)C1. The quantitative estimate of drug-likeness (QED) is 0.689. The molecule has 2 unspecified atom stereocenters. The molecule has 0 N–H and O–H groups in total. The average Bonchev–Trinajstić information content (AvgIpc) is 2.27. The maximum atomic E-state index is 12.1. The van der Waals surface area contributed by atoms with E-state index in [2.05, 4.69) is 27.7 Å². The van der Waals surface area contributed by atoms with Gasteiger partial charge in [-0.1, -0.05) is 34.1 Å². The molecule has 1 nitrogen and oxygen atoms in total. The van der Waals surface area contributed by atoms with Gasteiger partial charge in [0.25, 0.3) is 0 Å². The van der Waals surface area contributed by atoms with Gasteiger partial charge < -0.3 is 0 Å². The first-order chi connectivity index (χ1) is 8.39. The van der Waals surface area contributed by atoms with Crippen molar-refractivity contribution < 1.29 is 4.79 Å². The van der Waals surface area contributed by atoms with Gasteiger partial charge in [-0.25, -0.2) is 0 Å². The van der Waals surface area contributed by atoms with Crippen LogP contribution in [0, 0.1) is 22.7 Å². The van der Waals surface area contributed by atoms with E-state index in [0.29, 0.717) is 22.5 Å². The Hall–Kier alpha value is -0.330. The van der Waals surface area contributed by atoms with Crippen molar-refractivity contribution in [2.24, 2.45) is 22.7 Å². The van der Waals surface area contributed by atoms with Crippen LogP contribution in [0.4, 0.5) is 0 Å². The van der Waals surface area contributed by atoms with E-state index < -0.39 is 0 Å². The second kappa shape index (κ2) is 4.98. The number of Topliss-reactive ketones (excluding diaryl/α,β-unsaturated/α-hetero) is 1. The molecule has 3 atom stereocenters. The van der Waals surface area contributed by atoms with E-state index in [9.17, 15) is 4.79 Å². The Labute approximate surface area is 113 Å². The molecule has 2 fully saturated rings. The van der Waals surface area contributed by atoms with E-state index in [1.54, 1.807) is 0 Å². The Morgan fingerprint density at radius 3 is 2.72 bits per heavy atom. The van der Waals surface area contributed by atoms with Crippen LogP contribution >= 0.6 is 0 Å². The van der Waals surface area contributed by atoms with Crippen LogP contribution in [-0.4, -0.2) is 5.78 Å². The summed E-state index contributed by atoms with van der Waals surface area (Å²) >= 11 is 0. The zero-order chi connectivity index (χ0) is 13.4. The first-order valence-corrected chi connectivity index (χ1v) is 7.92. The molecule has 2 rings (SSSR count). The van der Waals surface area contributed by atoms with Crippen LogP contribution in [-0.2, 0) is 4.79 Å². The highest BCUT2D eigenvalue weighted by Crippen LogP contribution is 2.54. The number of fused-ring (bicyclic) bond motifs is 1. The van der Waals surface area contributed by atoms with Gasteiger partial charge in [0.2, 0.25) is 0 Å². The normalized spacial score (nSPS) is 37.4. The Morgan fingerprint density at radius 2 is 2.06 bits per heavy atom. The fraction of sp³-hybridized carbons (Fsp3) is 0.941. The van der Waals surface area contributed by atoms with E-state index in [1.807, 2.05) is 0 Å². The molecule has 2 aliphatic rings. The van der Waals surface area contributed by atoms with Crippen LogP contribution in [0.1, 0.15) is 79.1 Å². The molecule has 0 aromatic heterocycles. The van der Waals surface area contributed by atoms with Gasteiger partial charge in [0, 0.05) is 12.3 Å². The third-order valence-corrected chi connectivity index (χ3v) is 5.92. The summed E-state index contributed by atoms with van der Waals surface area (Å²) in [4.78, 5) is 12.1. The number of ketones is 1. The van der Waals surface area contributed by atoms with Crippen LogP contribution in [0.25, 0.3) is 0 Å². The fourth-order valence-corrected chi connectivity index (χ4v) is 4.71. The smallest absolute Gasteiger partial charge is 0.136 e. The Kier molecular flexibility index (Phi) is 3.90. The minimum atomic E-state index is 0.323. The molecule has 2 saturated carbocycles. The van der Waals surface area contributed by atoms with Crippen molar-refractivity contribution in [2.45, 2.75) is 79.1 Å². The Balaban J connectivity index is 2.11. The van der Waals surface area contributed by atoms with Gasteiger partial charge in [-0.2, -0.15) is 0 Å². The molecule has 18 heavy (non-hydrogen) atoms. The summed E-state index contributed by atoms with van der Waals surface area (Å²) in [5.74, 6) is 1.78. The summed E-state index contributed by atoms with van der Waals surface area (Å²) in [7, 11) is 0. The van der Waals surface area contributed by atoms with Crippen molar-refractivity contribution in [3.63, 3.8) is 0 Å². The van der Waals surface area contributed by atoms with E-state index in [1.165, 1.54) is 32.1 Å². The zero-order valence-corrected chi connectivity index (χ0v) is 12.7. The van der Waals surface area contributed by atoms with Gasteiger partial charge in [0.1, 0.15) is 5.78 Å². The summed E-state index contributed by atoms with van der Waals surface area (Å²) in [6.45, 7) is 9.56. The molecule has 0 heterocycles. The Bertz CT molecular complexity index is 318. The lowest BCUT2D eigenvalue weighted by Gasteiger charge is -2.50. The number of rotatable bonds is 3. The molecule has 1 heteroatoms. The van der Waals surface area contributed by atoms with Crippen molar-refractivity contribution in [3.8, 4) is 0 Å². The monoisotopic (exact) mass is 250 g/mol. The molecule has 0 bridgehead atoms. The predicted molar refractivity (Wildman–Crippen MR) is 76.5 cm³/mol. The van der Waals surface area contributed by atoms with Gasteiger partial charge >= 0.3 is 0 Å². The van der Waals surface area contributed by atoms with Crippen molar-refractivity contribution in [1.82, 2.24) is 0 Å². The van der Waals surface area contributed by atoms with Crippen molar-refractivity contribution in [2.75, 3.05) is 0 Å². The number of hydrogen-bond donors (Lipinski definition) is 0. The lowest BCUT2D eigenvalue weighted by atomic mass is 9.53. The third-order valence-electron chi connectivity index (χ3n) is 5.92. The maximum Gasteiger partial charge on any atom is 0.136 e. The summed E-state index contributed by atoms with van der Waals surface area (Å²) < 4.78 is 0. The van der Waals surface area contributed by atoms with Crippen molar-refractivity contribution >= 4 is 5.78 Å². The topological polar surface area (TPSA) is 17.1 Å². The summed E-state index contributed by atoms with van der Waals surface area (Å²) in [6, 6.07) is 0. The van der Waals surface area contributed by atoms with Gasteiger partial charge in [-0.05, 0) is 55.3 Å². The lowest BCUT2D eigenvalue weighted by Crippen LogP contribution is -2.45. The first-order valence-electron chi connectivity index (χ1n) is 7.92. The van der Waals surface area contributed by atoms with Gasteiger partial charge in [0.15, 0.2) is 0 Å². The van der Waals surface area contributed by atoms with E-state index in [4.69, 9.17) is 0 Å². The number of hydrogen-bond acceptors (Lipinski definition) is 1. The molecule has 0 aromatic rings. The zero-order valence-electron chi connectivity index (χ0n) is 12.7. The molecular formula is C17H30O. The summed E-state index contributed by atoms with van der Waals surface area (Å²) in [5, 5.41) is 0. The highest BCUT2D eigenvalue weighted by molar-refractivity contribution is 5.82. The predicted octanol–water partition coefficient (Wildman–Crippen LogP) is 4.99. The lowest BCUT2D eigenvalue weighted by molar-refractivity contribution is -0.135. The maximum absolute atomic E-state index is 12.1. The Morgan fingerprint density at radius 1 is 1.33 bits per heavy atom. The average molecular weight is 250 g/mol. The summed E-state index contributed by atoms with van der Waals surface area (Å²) in [5.41, 5.74) is 0.784. The van der Waals surface area contributed by atoms with Crippen LogP contribution in [0.2, 0.25) is 0 Å². The van der Waals surface area contributed by atoms with E-state index in [0.717, 1.165) is 25.2 Å². The van der Waals surface area contributed by atoms with Gasteiger partial charge in [-0.3, -0.25) is 4.79 Å². The molecule has 0 aliphatic heterocycles. The van der Waals surface area contributed by atoms with E-state index >= 15 is 0 Å². The second-order valence-corrected chi connectivity index (χ2v) is 7.74. The standard InChI is InChI=1S/C17H30O/c1-5-10-16(2,3)13-8-9-14-15(18)7-6-11-17(14,4)12-13/h13-14H,5-12H2,1-4H3/t13-,14?,17?/m0/s1. The molecule has 0 aromatic carbocycles. The molecule has 0 spiro atoms. The van der Waals surface area contributed by atoms with E-state index in [-0.39, 0.29) is 0 Å². The first kappa shape index (κ1) is 14.1. The van der Waals surface area contributed by atoms with Gasteiger partial charge in [-0.15, -0.1) is 0 Å². The van der Waals surface area contributed by atoms with Crippen LogP contribution < -0.4 is 0 Å². The molecule has 0 radical (unpaired) electrons. The number of carbonyl (C=O) groups excluding carboxylic acids is 1. The second-order valence-electron chi connectivity index (χ2n) is 7.74. The number of carbonyl (C=O) groups is 1. The molecule has 0 amide bonds. The van der Waals surface area contributed by atoms with Gasteiger partial charge in [0.05, 0.1) is 0 Å². The van der Waals surface area contributed by atoms with Crippen molar-refractivity contribution in [1.29, 1.82) is 0 Å². The highest BCUT2D eigenvalue weighted by Gasteiger charge is 2.48. The molecule has 0 saturated heterocycles. The third kappa shape index (κ3) is 2.51. The minimum Gasteiger partial charge on any atom is -0.299 e. The molecule has 2 aliphatic carbocycles. The fourth-order valence-electron chi connectivity index (χ4n) is 4.71. The van der Waals surface area contributed by atoms with Crippen LogP contribution in [0.5, 0.6) is 0 Å². The van der Waals surface area contributed by atoms with Crippen LogP contribution in [0.15, 0.2) is 0 Å². The van der Waals surface area contributed by atoms with Crippen molar-refractivity contribution in [3.05, 3.63) is 0 Å².